The van der Waals surface area contributed by atoms with Crippen LogP contribution in [0.1, 0.15) is 34.6 Å². The van der Waals surface area contributed by atoms with Crippen molar-refractivity contribution in [1.82, 2.24) is 20.1 Å². The largest absolute Gasteiger partial charge is 0.346 e. The van der Waals surface area contributed by atoms with E-state index in [1.54, 1.807) is 18.6 Å². The van der Waals surface area contributed by atoms with Gasteiger partial charge in [0.25, 0.3) is 5.91 Å². The van der Waals surface area contributed by atoms with Crippen molar-refractivity contribution >= 4 is 5.91 Å². The van der Waals surface area contributed by atoms with Crippen LogP contribution in [0.3, 0.4) is 0 Å². The van der Waals surface area contributed by atoms with Gasteiger partial charge in [0.05, 0.1) is 11.7 Å². The predicted octanol–water partition coefficient (Wildman–Crippen LogP) is 3.07. The molecule has 5 nitrogen and oxygen atoms in total. The molecule has 0 saturated carbocycles. The van der Waals surface area contributed by atoms with Crippen molar-refractivity contribution in [2.45, 2.75) is 19.9 Å². The van der Waals surface area contributed by atoms with Crippen LogP contribution in [-0.4, -0.2) is 20.7 Å². The van der Waals surface area contributed by atoms with Gasteiger partial charge < -0.3 is 5.32 Å². The van der Waals surface area contributed by atoms with Crippen molar-refractivity contribution in [2.75, 3.05) is 0 Å². The Kier molecular flexibility index (Phi) is 4.19. The molecule has 0 radical (unpaired) electrons. The summed E-state index contributed by atoms with van der Waals surface area (Å²) in [6, 6.07) is 13.1. The molecular formula is C18H18N4O. The smallest absolute Gasteiger partial charge is 0.251 e. The Hall–Kier alpha value is -2.95. The number of carbonyl (C=O) groups is 1. The standard InChI is InChI=1S/C18H18N4O/c1-13-7-12-20-22(13)17-5-3-16(4-6-17)18(23)21-14(2)15-8-10-19-11-9-15/h3-12,14H,1-2H3,(H,21,23)/t14-/m0/s1. The first-order valence-electron chi connectivity index (χ1n) is 7.47. The van der Waals surface area contributed by atoms with E-state index in [2.05, 4.69) is 15.4 Å². The second-order valence-corrected chi connectivity index (χ2v) is 5.41. The Bertz CT molecular complexity index is 793. The predicted molar refractivity (Wildman–Crippen MR) is 88.4 cm³/mol. The Balaban J connectivity index is 1.72. The van der Waals surface area contributed by atoms with E-state index in [4.69, 9.17) is 0 Å². The van der Waals surface area contributed by atoms with Crippen LogP contribution >= 0.6 is 0 Å². The van der Waals surface area contributed by atoms with E-state index < -0.39 is 0 Å². The molecule has 3 rings (SSSR count). The number of aromatic nitrogens is 3. The molecule has 0 aliphatic carbocycles. The molecule has 0 bridgehead atoms. The zero-order valence-corrected chi connectivity index (χ0v) is 13.1. The molecule has 23 heavy (non-hydrogen) atoms. The molecule has 1 aromatic carbocycles. The summed E-state index contributed by atoms with van der Waals surface area (Å²) in [5, 5.41) is 7.25. The van der Waals surface area contributed by atoms with Crippen LogP contribution in [0.25, 0.3) is 5.69 Å². The second kappa shape index (κ2) is 6.44. The molecule has 0 saturated heterocycles. The number of hydrogen-bond acceptors (Lipinski definition) is 3. The average molecular weight is 306 g/mol. The zero-order chi connectivity index (χ0) is 16.2. The molecule has 0 aliphatic heterocycles. The fourth-order valence-electron chi connectivity index (χ4n) is 2.41. The van der Waals surface area contributed by atoms with Gasteiger partial charge in [0.1, 0.15) is 0 Å². The van der Waals surface area contributed by atoms with Gasteiger partial charge in [-0.05, 0) is 61.9 Å². The highest BCUT2D eigenvalue weighted by Crippen LogP contribution is 2.14. The van der Waals surface area contributed by atoms with Crippen molar-refractivity contribution in [2.24, 2.45) is 0 Å². The minimum Gasteiger partial charge on any atom is -0.346 e. The number of hydrogen-bond donors (Lipinski definition) is 1. The monoisotopic (exact) mass is 306 g/mol. The molecule has 1 N–H and O–H groups in total. The van der Waals surface area contributed by atoms with Gasteiger partial charge in [-0.2, -0.15) is 5.10 Å². The summed E-state index contributed by atoms with van der Waals surface area (Å²) in [4.78, 5) is 16.3. The lowest BCUT2D eigenvalue weighted by Gasteiger charge is -2.14. The first-order chi connectivity index (χ1) is 11.1. The minimum absolute atomic E-state index is 0.0708. The summed E-state index contributed by atoms with van der Waals surface area (Å²) < 4.78 is 1.83. The van der Waals surface area contributed by atoms with Gasteiger partial charge >= 0.3 is 0 Å². The van der Waals surface area contributed by atoms with E-state index in [1.807, 2.05) is 61.0 Å². The van der Waals surface area contributed by atoms with E-state index in [0.717, 1.165) is 16.9 Å². The molecule has 5 heteroatoms. The molecule has 0 spiro atoms. The lowest BCUT2D eigenvalue weighted by molar-refractivity contribution is 0.0940. The van der Waals surface area contributed by atoms with Gasteiger partial charge in [0.15, 0.2) is 0 Å². The summed E-state index contributed by atoms with van der Waals surface area (Å²) in [5.74, 6) is -0.0990. The molecule has 0 fully saturated rings. The summed E-state index contributed by atoms with van der Waals surface area (Å²) in [7, 11) is 0. The van der Waals surface area contributed by atoms with Crippen LogP contribution in [-0.2, 0) is 0 Å². The minimum atomic E-state index is -0.0990. The summed E-state index contributed by atoms with van der Waals surface area (Å²) in [5.41, 5.74) is 3.64. The number of carbonyl (C=O) groups excluding carboxylic acids is 1. The van der Waals surface area contributed by atoms with Gasteiger partial charge in [0.2, 0.25) is 0 Å². The maximum Gasteiger partial charge on any atom is 0.251 e. The SMILES string of the molecule is Cc1ccnn1-c1ccc(C(=O)N[C@@H](C)c2ccncc2)cc1. The van der Waals surface area contributed by atoms with Gasteiger partial charge in [-0.15, -0.1) is 0 Å². The highest BCUT2D eigenvalue weighted by molar-refractivity contribution is 5.94. The summed E-state index contributed by atoms with van der Waals surface area (Å²) in [6.07, 6.45) is 5.20. The van der Waals surface area contributed by atoms with Crippen molar-refractivity contribution in [3.8, 4) is 5.69 Å². The number of nitrogens with zero attached hydrogens (tertiary/aromatic N) is 3. The molecular weight excluding hydrogens is 288 g/mol. The van der Waals surface area contributed by atoms with Gasteiger partial charge in [-0.3, -0.25) is 9.78 Å². The van der Waals surface area contributed by atoms with E-state index >= 15 is 0 Å². The molecule has 0 aliphatic rings. The Morgan fingerprint density at radius 1 is 1.04 bits per heavy atom. The molecule has 2 heterocycles. The van der Waals surface area contributed by atoms with Crippen LogP contribution in [0.5, 0.6) is 0 Å². The third-order valence-electron chi connectivity index (χ3n) is 3.76. The number of benzene rings is 1. The number of pyridine rings is 1. The Morgan fingerprint density at radius 2 is 1.74 bits per heavy atom. The number of nitrogens with one attached hydrogen (secondary N) is 1. The molecule has 1 atom stereocenters. The summed E-state index contributed by atoms with van der Waals surface area (Å²) >= 11 is 0. The number of aryl methyl sites for hydroxylation is 1. The first-order valence-corrected chi connectivity index (χ1v) is 7.47. The maximum absolute atomic E-state index is 12.3. The highest BCUT2D eigenvalue weighted by atomic mass is 16.1. The molecule has 116 valence electrons. The Morgan fingerprint density at radius 3 is 2.35 bits per heavy atom. The van der Waals surface area contributed by atoms with Crippen LogP contribution < -0.4 is 5.32 Å². The van der Waals surface area contributed by atoms with Gasteiger partial charge in [-0.25, -0.2) is 4.68 Å². The quantitative estimate of drug-likeness (QED) is 0.806. The average Bonchev–Trinajstić information content (AvgIpc) is 3.02. The highest BCUT2D eigenvalue weighted by Gasteiger charge is 2.11. The molecule has 0 unspecified atom stereocenters. The van der Waals surface area contributed by atoms with Crippen LogP contribution in [0.4, 0.5) is 0 Å². The lowest BCUT2D eigenvalue weighted by Crippen LogP contribution is -2.26. The van der Waals surface area contributed by atoms with Crippen LogP contribution in [0.2, 0.25) is 0 Å². The third kappa shape index (κ3) is 3.29. The van der Waals surface area contributed by atoms with E-state index in [9.17, 15) is 4.79 Å². The second-order valence-electron chi connectivity index (χ2n) is 5.41. The van der Waals surface area contributed by atoms with Crippen molar-refractivity contribution in [3.05, 3.63) is 77.9 Å². The Labute approximate surface area is 135 Å². The molecule has 2 aromatic heterocycles. The normalized spacial score (nSPS) is 11.9. The number of amides is 1. The van der Waals surface area contributed by atoms with Crippen molar-refractivity contribution in [3.63, 3.8) is 0 Å². The topological polar surface area (TPSA) is 59.8 Å². The maximum atomic E-state index is 12.3. The van der Waals surface area contributed by atoms with E-state index in [0.29, 0.717) is 5.56 Å². The number of rotatable bonds is 4. The van der Waals surface area contributed by atoms with E-state index in [-0.39, 0.29) is 11.9 Å². The lowest BCUT2D eigenvalue weighted by atomic mass is 10.1. The van der Waals surface area contributed by atoms with Crippen molar-refractivity contribution < 1.29 is 4.79 Å². The fourth-order valence-corrected chi connectivity index (χ4v) is 2.41. The van der Waals surface area contributed by atoms with Crippen LogP contribution in [0, 0.1) is 6.92 Å². The van der Waals surface area contributed by atoms with Gasteiger partial charge in [-0.1, -0.05) is 0 Å². The van der Waals surface area contributed by atoms with Crippen LogP contribution in [0.15, 0.2) is 61.1 Å². The van der Waals surface area contributed by atoms with E-state index in [1.165, 1.54) is 0 Å². The van der Waals surface area contributed by atoms with Gasteiger partial charge in [0, 0.05) is 29.8 Å². The molecule has 3 aromatic rings. The first kappa shape index (κ1) is 15.0. The molecule has 1 amide bonds. The zero-order valence-electron chi connectivity index (χ0n) is 13.1. The third-order valence-corrected chi connectivity index (χ3v) is 3.76. The van der Waals surface area contributed by atoms with Crippen molar-refractivity contribution in [1.29, 1.82) is 0 Å². The fraction of sp³-hybridized carbons (Fsp3) is 0.167. The summed E-state index contributed by atoms with van der Waals surface area (Å²) in [6.45, 7) is 3.94.